The lowest BCUT2D eigenvalue weighted by atomic mass is 9.83. The van der Waals surface area contributed by atoms with Crippen LogP contribution < -0.4 is 63.8 Å². The van der Waals surface area contributed by atoms with Crippen LogP contribution in [0.15, 0.2) is 0 Å². The predicted molar refractivity (Wildman–Crippen MR) is 543 cm³/mol. The predicted octanol–water partition coefficient (Wildman–Crippen LogP) is 5.77. The Kier molecular flexibility index (Phi) is 37.2. The molecule has 3 heterocycles. The number of urea groups is 3. The van der Waals surface area contributed by atoms with Gasteiger partial charge in [0.05, 0.1) is 73.3 Å². The molecular formula is C101H170N18O24S3. The molecular weight excluding hydrogens is 1950 g/mol. The number of nitrogens with zero attached hydrogens (tertiary/aromatic N) is 6. The van der Waals surface area contributed by atoms with Crippen molar-refractivity contribution in [2.75, 3.05) is 85.9 Å². The number of Topliss-reactive ketones (excluding diaryl/α,β-unsaturated/α-hetero) is 3. The van der Waals surface area contributed by atoms with E-state index in [0.29, 0.717) is 90.4 Å². The highest BCUT2D eigenvalue weighted by atomic mass is 32.2. The molecule has 13 aliphatic rings. The third kappa shape index (κ3) is 28.5. The monoisotopic (exact) mass is 2120 g/mol. The summed E-state index contributed by atoms with van der Waals surface area (Å²) < 4.78 is 80.4. The smallest absolute Gasteiger partial charge is 0.315 e. The summed E-state index contributed by atoms with van der Waals surface area (Å²) in [4.78, 5) is 223. The molecule has 0 radical (unpaired) electrons. The zero-order chi connectivity index (χ0) is 108. The van der Waals surface area contributed by atoms with Crippen molar-refractivity contribution in [1.82, 2.24) is 91.9 Å². The van der Waals surface area contributed by atoms with E-state index in [9.17, 15) is 97.2 Å². The highest BCUT2D eigenvalue weighted by molar-refractivity contribution is 7.89. The van der Waals surface area contributed by atoms with Crippen LogP contribution in [0.25, 0.3) is 0 Å². The fraction of sp³-hybridized carbons (Fsp3) is 0.851. The van der Waals surface area contributed by atoms with E-state index < -0.39 is 206 Å². The van der Waals surface area contributed by atoms with E-state index in [4.69, 9.17) is 14.5 Å². The summed E-state index contributed by atoms with van der Waals surface area (Å²) in [7, 11) is -3.88. The minimum Gasteiger partial charge on any atom is -0.349 e. The van der Waals surface area contributed by atoms with Crippen molar-refractivity contribution >= 4 is 119 Å². The van der Waals surface area contributed by atoms with Gasteiger partial charge in [-0.2, -0.15) is 0 Å². The fourth-order valence-corrected chi connectivity index (χ4v) is 27.7. The Hall–Kier alpha value is -8.34. The molecule has 146 heavy (non-hydrogen) atoms. The van der Waals surface area contributed by atoms with Crippen LogP contribution in [0, 0.1) is 79.8 Å². The molecule has 12 N–H and O–H groups in total. The maximum Gasteiger partial charge on any atom is 0.315 e. The first-order valence-corrected chi connectivity index (χ1v) is 57.8. The third-order valence-electron chi connectivity index (χ3n) is 33.4. The Balaban J connectivity index is 0.000000208. The molecule has 3 aliphatic heterocycles. The molecule has 0 unspecified atom stereocenters. The molecule has 45 heteroatoms. The van der Waals surface area contributed by atoms with Crippen LogP contribution in [-0.4, -0.2) is 311 Å². The minimum absolute atomic E-state index is 0.00137. The molecule has 10 aliphatic carbocycles. The average Bonchev–Trinajstić information content (AvgIpc) is 1.53. The first-order valence-electron chi connectivity index (χ1n) is 53.0. The first kappa shape index (κ1) is 118. The van der Waals surface area contributed by atoms with Crippen LogP contribution in [0.5, 0.6) is 0 Å². The highest BCUT2D eigenvalue weighted by Gasteiger charge is 2.73. The van der Waals surface area contributed by atoms with Gasteiger partial charge < -0.3 is 78.5 Å². The standard InChI is InChI=1S/C34H56N6O8S.C34H58N6O8S.C33H56N6O8S/c1-32(2,3)27(37-31(45)38-34(15-9-8-10-16-34)19-49(46,47)39(6)48-7)30(44)40-18-22-24(33(22,4)5)25(40)28(42)36-23(17-20-11-12-20)26(41)29(43)35-21-13-14-21;1-9-17-35-29(43)26(41)23(18-21-13-14-21)36-28(42)25-24-22(33(24,5)6)19-40(25)30(44)27(32(2,3)4)37-31(45)38-34(15-11-10-12-16-34)20-49(46,47)39(7)48-8;1-9-13-22(25(40)28(42)34-20-14-15-20)35-27(41)24-23-21(32(23,5)6)18-39(24)29(43)26(31(2,3)4)36-30(44)37-33(16-11-10-12-17-33)19-48(45,46)38(7)47-8/h20-25,27H,8-19H2,1-7H3,(H,35,43)(H,36,42)(H2,37,38,45);21-25,27H,9-20H2,1-8H3,(H,35,43)(H,36,42)(H2,37,38,45);20-24,26H,9-19H2,1-8H3,(H,34,42)(H,35,41)(H2,36,37,44)/t2*22-,23-,24-,25-,27+;21-,22-,23-,24-,26+/m000/s1. The lowest BCUT2D eigenvalue weighted by Gasteiger charge is -2.41. The number of hydrogen-bond acceptors (Lipinski definition) is 24. The van der Waals surface area contributed by atoms with Crippen LogP contribution in [0.1, 0.15) is 297 Å². The normalized spacial score (nSPS) is 26.1. The van der Waals surface area contributed by atoms with Crippen molar-refractivity contribution in [3.05, 3.63) is 0 Å². The molecule has 0 aromatic rings. The number of carbonyl (C=O) groups is 15. The van der Waals surface area contributed by atoms with E-state index >= 15 is 0 Å². The number of fused-ring (bicyclic) bond motifs is 3. The van der Waals surface area contributed by atoms with Gasteiger partial charge in [0.25, 0.3) is 17.7 Å². The number of hydroxylamine groups is 3. The molecule has 0 aromatic carbocycles. The molecule has 13 fully saturated rings. The van der Waals surface area contributed by atoms with Gasteiger partial charge >= 0.3 is 18.1 Å². The molecule has 10 saturated carbocycles. The Morgan fingerprint density at radius 3 is 0.863 bits per heavy atom. The van der Waals surface area contributed by atoms with Crippen molar-refractivity contribution in [1.29, 1.82) is 0 Å². The summed E-state index contributed by atoms with van der Waals surface area (Å²) in [5.41, 5.74) is -6.08. The zero-order valence-electron chi connectivity index (χ0n) is 90.4. The molecule has 0 bridgehead atoms. The van der Waals surface area contributed by atoms with Crippen LogP contribution >= 0.6 is 0 Å². The van der Waals surface area contributed by atoms with Crippen molar-refractivity contribution in [3.63, 3.8) is 0 Å². The second-order valence-electron chi connectivity index (χ2n) is 49.1. The lowest BCUT2D eigenvalue weighted by molar-refractivity contribution is -0.145. The van der Waals surface area contributed by atoms with Gasteiger partial charge in [0.15, 0.2) is 0 Å². The van der Waals surface area contributed by atoms with E-state index in [2.05, 4.69) is 91.5 Å². The number of amides is 15. The topological polar surface area (TPSA) is 550 Å². The van der Waals surface area contributed by atoms with Gasteiger partial charge in [0.1, 0.15) is 36.3 Å². The highest BCUT2D eigenvalue weighted by Crippen LogP contribution is 2.67. The second kappa shape index (κ2) is 46.1. The molecule has 0 aromatic heterocycles. The van der Waals surface area contributed by atoms with Gasteiger partial charge in [-0.1, -0.05) is 221 Å². The lowest BCUT2D eigenvalue weighted by Crippen LogP contribution is -2.64. The SMILES string of the molecule is CCCNC(=O)C(=O)[C@H](CC1CC1)NC(=O)[C@@H]1[C@@H]2[C@H](CN1C(=O)[C@@H](NC(=O)NC1(CS(=O)(=O)N(C)OC)CCCCC1)C(C)(C)C)C2(C)C.CCC[C@H](NC(=O)[C@@H]1[C@@H]2[C@H](CN1C(=O)[C@@H](NC(=O)NC1(CS(=O)(=O)N(C)OC)CCCCC1)C(C)(C)C)C2(C)C)C(=O)C(=O)NC1CC1.CON(C)S(=O)(=O)CC1(NC(=O)N[C@H](C(=O)N2C[C@H]3[C@@H]([C@H]2C(=O)N[C@@H](CC2CC2)C(=O)C(=O)NC2CC2)C3(C)C)C(C)(C)C)CCCCC1. The van der Waals surface area contributed by atoms with Gasteiger partial charge in [0, 0.05) is 59.4 Å². The summed E-state index contributed by atoms with van der Waals surface area (Å²) in [6.07, 6.45) is 19.2. The van der Waals surface area contributed by atoms with Gasteiger partial charge in [-0.3, -0.25) is 72.0 Å². The van der Waals surface area contributed by atoms with Crippen molar-refractivity contribution in [2.45, 2.75) is 381 Å². The summed E-state index contributed by atoms with van der Waals surface area (Å²) in [6, 6.07) is -10.7. The number of piperidine rings is 3. The van der Waals surface area contributed by atoms with E-state index in [1.54, 1.807) is 0 Å². The average molecular weight is 2120 g/mol. The number of carbonyl (C=O) groups excluding carboxylic acids is 15. The number of nitrogens with one attached hydrogen (secondary N) is 12. The Bertz CT molecular complexity index is 5180. The summed E-state index contributed by atoms with van der Waals surface area (Å²) in [6.45, 7) is 33.7. The molecule has 42 nitrogen and oxygen atoms in total. The summed E-state index contributed by atoms with van der Waals surface area (Å²) in [5.74, 6) is -7.66. The maximum atomic E-state index is 14.4. The quantitative estimate of drug-likeness (QED) is 0.0254. The summed E-state index contributed by atoms with van der Waals surface area (Å²) >= 11 is 0. The van der Waals surface area contributed by atoms with E-state index in [0.717, 1.165) is 123 Å². The summed E-state index contributed by atoms with van der Waals surface area (Å²) in [5, 5.41) is 34.0. The Morgan fingerprint density at radius 1 is 0.363 bits per heavy atom. The molecule has 0 spiro atoms. The molecule has 15 amide bonds. The van der Waals surface area contributed by atoms with Crippen molar-refractivity contribution in [2.24, 2.45) is 79.8 Å². The maximum absolute atomic E-state index is 14.4. The van der Waals surface area contributed by atoms with E-state index in [-0.39, 0.29) is 99.4 Å². The number of hydrogen-bond donors (Lipinski definition) is 12. The second-order valence-corrected chi connectivity index (χ2v) is 55.0. The van der Waals surface area contributed by atoms with Gasteiger partial charge in [-0.25, -0.2) is 39.6 Å². The van der Waals surface area contributed by atoms with Gasteiger partial charge in [0.2, 0.25) is 82.9 Å². The van der Waals surface area contributed by atoms with Gasteiger partial charge in [-0.15, -0.1) is 0 Å². The van der Waals surface area contributed by atoms with Gasteiger partial charge in [-0.05, 0) is 170 Å². The van der Waals surface area contributed by atoms with Crippen LogP contribution in [0.2, 0.25) is 0 Å². The Morgan fingerprint density at radius 2 is 0.623 bits per heavy atom. The molecule has 15 atom stereocenters. The van der Waals surface area contributed by atoms with Crippen molar-refractivity contribution in [3.8, 4) is 0 Å². The number of rotatable bonds is 43. The van der Waals surface area contributed by atoms with Crippen LogP contribution in [-0.2, 0) is 102 Å². The fourth-order valence-electron chi connectivity index (χ4n) is 23.3. The van der Waals surface area contributed by atoms with Crippen LogP contribution in [0.4, 0.5) is 14.4 Å². The number of likely N-dealkylation sites (tertiary alicyclic amines) is 3. The number of ketones is 3. The molecule has 826 valence electrons. The first-order chi connectivity index (χ1) is 67.8. The van der Waals surface area contributed by atoms with Crippen LogP contribution in [0.3, 0.4) is 0 Å². The largest absolute Gasteiger partial charge is 0.349 e. The molecule has 3 saturated heterocycles. The van der Waals surface area contributed by atoms with E-state index in [1.165, 1.54) is 57.2 Å². The van der Waals surface area contributed by atoms with E-state index in [1.807, 2.05) is 90.0 Å². The zero-order valence-corrected chi connectivity index (χ0v) is 92.9. The minimum atomic E-state index is -3.86. The Labute approximate surface area is 863 Å². The molecule has 13 rings (SSSR count). The number of sulfonamides is 3. The third-order valence-corrected chi connectivity index (χ3v) is 38.9. The van der Waals surface area contributed by atoms with Crippen molar-refractivity contribution < 1.29 is 112 Å².